The van der Waals surface area contributed by atoms with E-state index in [9.17, 15) is 15.4 Å². The van der Waals surface area contributed by atoms with E-state index < -0.39 is 4.92 Å². The number of para-hydroxylation sites is 1. The molecule has 1 aliphatic rings. The first-order chi connectivity index (χ1) is 12.6. The second-order valence-corrected chi connectivity index (χ2v) is 6.15. The Morgan fingerprint density at radius 1 is 1.27 bits per heavy atom. The minimum atomic E-state index is -0.488. The van der Waals surface area contributed by atoms with Crippen molar-refractivity contribution >= 4 is 17.1 Å². The molecule has 1 fully saturated rings. The number of rotatable bonds is 5. The smallest absolute Gasteiger partial charge is 0.270 e. The number of anilines is 2. The van der Waals surface area contributed by atoms with Crippen LogP contribution in [0.1, 0.15) is 11.1 Å². The van der Waals surface area contributed by atoms with Gasteiger partial charge in [-0.1, -0.05) is 18.2 Å². The average molecular weight is 352 g/mol. The van der Waals surface area contributed by atoms with Gasteiger partial charge in [-0.05, 0) is 17.7 Å². The normalized spacial score (nSPS) is 13.9. The lowest BCUT2D eigenvalue weighted by atomic mass is 10.1. The van der Waals surface area contributed by atoms with Gasteiger partial charge in [0.25, 0.3) is 5.69 Å². The molecule has 26 heavy (non-hydrogen) atoms. The monoisotopic (exact) mass is 352 g/mol. The molecule has 0 spiro atoms. The molecule has 0 amide bonds. The van der Waals surface area contributed by atoms with Gasteiger partial charge in [0, 0.05) is 44.5 Å². The number of hydrogen-bond donors (Lipinski definition) is 0. The van der Waals surface area contributed by atoms with Crippen molar-refractivity contribution in [3.8, 4) is 6.07 Å². The van der Waals surface area contributed by atoms with Crippen molar-refractivity contribution < 1.29 is 9.66 Å². The molecule has 0 atom stereocenters. The number of ether oxygens (including phenoxy) is 1. The molecule has 2 aromatic carbocycles. The highest BCUT2D eigenvalue weighted by Crippen LogP contribution is 2.28. The highest BCUT2D eigenvalue weighted by atomic mass is 16.6. The summed E-state index contributed by atoms with van der Waals surface area (Å²) in [5.74, 6) is 0. The number of nitriles is 1. The molecular weight excluding hydrogens is 332 g/mol. The first-order valence-electron chi connectivity index (χ1n) is 8.40. The molecule has 0 saturated carbocycles. The SMILES string of the molecule is CN(Cc1ccccc1N1CCOCC1)c1ccc([N+](=O)[O-])cc1C#N. The fraction of sp³-hybridized carbons (Fsp3) is 0.316. The van der Waals surface area contributed by atoms with Crippen LogP contribution in [0, 0.1) is 21.4 Å². The molecule has 0 aromatic heterocycles. The zero-order valence-corrected chi connectivity index (χ0v) is 14.6. The van der Waals surface area contributed by atoms with Crippen LogP contribution in [0.25, 0.3) is 0 Å². The summed E-state index contributed by atoms with van der Waals surface area (Å²) in [6.45, 7) is 3.72. The fourth-order valence-electron chi connectivity index (χ4n) is 3.16. The Morgan fingerprint density at radius 3 is 2.69 bits per heavy atom. The van der Waals surface area contributed by atoms with Gasteiger partial charge in [0.1, 0.15) is 6.07 Å². The highest BCUT2D eigenvalue weighted by Gasteiger charge is 2.17. The molecule has 0 N–H and O–H groups in total. The maximum Gasteiger partial charge on any atom is 0.270 e. The summed E-state index contributed by atoms with van der Waals surface area (Å²) >= 11 is 0. The Bertz CT molecular complexity index is 841. The molecule has 2 aromatic rings. The van der Waals surface area contributed by atoms with Crippen molar-refractivity contribution in [3.63, 3.8) is 0 Å². The van der Waals surface area contributed by atoms with E-state index in [1.54, 1.807) is 6.07 Å². The summed E-state index contributed by atoms with van der Waals surface area (Å²) in [5.41, 5.74) is 3.19. The van der Waals surface area contributed by atoms with Gasteiger partial charge in [0.2, 0.25) is 0 Å². The second-order valence-electron chi connectivity index (χ2n) is 6.15. The van der Waals surface area contributed by atoms with Gasteiger partial charge < -0.3 is 14.5 Å². The highest BCUT2D eigenvalue weighted by molar-refractivity contribution is 5.64. The number of morpholine rings is 1. The standard InChI is InChI=1S/C19H20N4O3/c1-21(18-7-6-17(23(24)25)12-16(18)13-20)14-15-4-2-3-5-19(15)22-8-10-26-11-9-22/h2-7,12H,8-11,14H2,1H3. The first-order valence-corrected chi connectivity index (χ1v) is 8.40. The van der Waals surface area contributed by atoms with E-state index in [0.717, 1.165) is 24.3 Å². The number of hydrogen-bond acceptors (Lipinski definition) is 6. The van der Waals surface area contributed by atoms with Gasteiger partial charge in [-0.2, -0.15) is 5.26 Å². The summed E-state index contributed by atoms with van der Waals surface area (Å²) in [4.78, 5) is 14.7. The van der Waals surface area contributed by atoms with Crippen molar-refractivity contribution in [3.05, 3.63) is 63.7 Å². The minimum Gasteiger partial charge on any atom is -0.378 e. The van der Waals surface area contributed by atoms with Crippen molar-refractivity contribution in [2.75, 3.05) is 43.2 Å². The van der Waals surface area contributed by atoms with E-state index >= 15 is 0 Å². The molecule has 3 rings (SSSR count). The van der Waals surface area contributed by atoms with E-state index in [1.807, 2.05) is 24.1 Å². The van der Waals surface area contributed by atoms with Crippen molar-refractivity contribution in [1.82, 2.24) is 0 Å². The van der Waals surface area contributed by atoms with Crippen molar-refractivity contribution in [1.29, 1.82) is 5.26 Å². The van der Waals surface area contributed by atoms with E-state index in [2.05, 4.69) is 23.1 Å². The van der Waals surface area contributed by atoms with Gasteiger partial charge in [-0.3, -0.25) is 10.1 Å². The zero-order chi connectivity index (χ0) is 18.5. The zero-order valence-electron chi connectivity index (χ0n) is 14.6. The van der Waals surface area contributed by atoms with Crippen LogP contribution in [0.3, 0.4) is 0 Å². The van der Waals surface area contributed by atoms with Crippen LogP contribution in [0.4, 0.5) is 17.1 Å². The van der Waals surface area contributed by atoms with Crippen molar-refractivity contribution in [2.45, 2.75) is 6.54 Å². The maximum atomic E-state index is 10.9. The lowest BCUT2D eigenvalue weighted by Crippen LogP contribution is -2.37. The second kappa shape index (κ2) is 7.85. The summed E-state index contributed by atoms with van der Waals surface area (Å²) in [5, 5.41) is 20.3. The minimum absolute atomic E-state index is 0.0765. The average Bonchev–Trinajstić information content (AvgIpc) is 2.68. The van der Waals surface area contributed by atoms with Crippen LogP contribution in [-0.2, 0) is 11.3 Å². The summed E-state index contributed by atoms with van der Waals surface area (Å²) < 4.78 is 5.43. The van der Waals surface area contributed by atoms with Crippen LogP contribution in [0.2, 0.25) is 0 Å². The van der Waals surface area contributed by atoms with Crippen molar-refractivity contribution in [2.24, 2.45) is 0 Å². The summed E-state index contributed by atoms with van der Waals surface area (Å²) in [7, 11) is 1.89. The van der Waals surface area contributed by atoms with Crippen LogP contribution in [-0.4, -0.2) is 38.3 Å². The van der Waals surface area contributed by atoms with E-state index in [0.29, 0.717) is 31.0 Å². The lowest BCUT2D eigenvalue weighted by molar-refractivity contribution is -0.384. The third-order valence-electron chi connectivity index (χ3n) is 4.47. The number of non-ortho nitro benzene ring substituents is 1. The third kappa shape index (κ3) is 3.76. The largest absolute Gasteiger partial charge is 0.378 e. The quantitative estimate of drug-likeness (QED) is 0.608. The van der Waals surface area contributed by atoms with Gasteiger partial charge in [0.15, 0.2) is 0 Å². The molecule has 134 valence electrons. The number of nitro benzene ring substituents is 1. The molecule has 1 aliphatic heterocycles. The lowest BCUT2D eigenvalue weighted by Gasteiger charge is -2.32. The molecule has 1 heterocycles. The van der Waals surface area contributed by atoms with Gasteiger partial charge in [-0.15, -0.1) is 0 Å². The van der Waals surface area contributed by atoms with Gasteiger partial charge in [0.05, 0.1) is 29.4 Å². The Kier molecular flexibility index (Phi) is 5.34. The maximum absolute atomic E-state index is 10.9. The molecule has 0 bridgehead atoms. The van der Waals surface area contributed by atoms with Crippen LogP contribution in [0.5, 0.6) is 0 Å². The molecule has 0 radical (unpaired) electrons. The molecule has 7 heteroatoms. The Morgan fingerprint density at radius 2 is 2.00 bits per heavy atom. The Balaban J connectivity index is 1.86. The summed E-state index contributed by atoms with van der Waals surface area (Å²) in [6.07, 6.45) is 0. The van der Waals surface area contributed by atoms with Gasteiger partial charge in [-0.25, -0.2) is 0 Å². The molecule has 7 nitrogen and oxygen atoms in total. The molecule has 1 saturated heterocycles. The number of nitro groups is 1. The predicted octanol–water partition coefficient (Wildman–Crippen LogP) is 2.94. The Hall–Kier alpha value is -3.11. The van der Waals surface area contributed by atoms with E-state index in [1.165, 1.54) is 12.1 Å². The van der Waals surface area contributed by atoms with Crippen LogP contribution in [0.15, 0.2) is 42.5 Å². The number of benzene rings is 2. The van der Waals surface area contributed by atoms with E-state index in [4.69, 9.17) is 4.74 Å². The number of nitrogens with zero attached hydrogens (tertiary/aromatic N) is 4. The van der Waals surface area contributed by atoms with Gasteiger partial charge >= 0.3 is 0 Å². The first kappa shape index (κ1) is 17.7. The topological polar surface area (TPSA) is 82.6 Å². The third-order valence-corrected chi connectivity index (χ3v) is 4.47. The molecule has 0 aliphatic carbocycles. The molecular formula is C19H20N4O3. The summed E-state index contributed by atoms with van der Waals surface area (Å²) in [6, 6.07) is 14.6. The Labute approximate surface area is 152 Å². The van der Waals surface area contributed by atoms with E-state index in [-0.39, 0.29) is 5.69 Å². The van der Waals surface area contributed by atoms with Crippen LogP contribution < -0.4 is 9.80 Å². The molecule has 0 unspecified atom stereocenters. The fourth-order valence-corrected chi connectivity index (χ4v) is 3.16. The predicted molar refractivity (Wildman–Crippen MR) is 99.4 cm³/mol. The van der Waals surface area contributed by atoms with Crippen LogP contribution >= 0.6 is 0 Å².